The molecule has 0 bridgehead atoms. The predicted octanol–water partition coefficient (Wildman–Crippen LogP) is 1.67. The Labute approximate surface area is 61.5 Å². The Kier molecular flexibility index (Phi) is 2.00. The normalized spacial score (nSPS) is 24.8. The molecule has 2 heteroatoms. The van der Waals surface area contributed by atoms with Gasteiger partial charge in [0.1, 0.15) is 5.76 Å². The Morgan fingerprint density at radius 3 is 2.90 bits per heavy atom. The minimum atomic E-state index is 0.148. The number of allylic oxidation sites excluding steroid dienone is 2. The largest absolute Gasteiger partial charge is 0.510 e. The Bertz CT molecular complexity index is 172. The molecule has 2 nitrogen and oxygen atoms in total. The summed E-state index contributed by atoms with van der Waals surface area (Å²) in [5.41, 5.74) is 0. The molecular weight excluding hydrogens is 126 g/mol. The maximum absolute atomic E-state index is 9.25. The smallest absolute Gasteiger partial charge is 0.114 e. The van der Waals surface area contributed by atoms with Gasteiger partial charge >= 0.3 is 0 Å². The van der Waals surface area contributed by atoms with Crippen LogP contribution in [0.4, 0.5) is 0 Å². The fourth-order valence-corrected chi connectivity index (χ4v) is 1.07. The fourth-order valence-electron chi connectivity index (χ4n) is 1.07. The Morgan fingerprint density at radius 1 is 1.70 bits per heavy atom. The number of hydrogen-bond donors (Lipinski definition) is 1. The van der Waals surface area contributed by atoms with Gasteiger partial charge in [-0.25, -0.2) is 0 Å². The molecule has 1 N–H and O–H groups in total. The van der Waals surface area contributed by atoms with Crippen molar-refractivity contribution in [2.75, 3.05) is 6.54 Å². The van der Waals surface area contributed by atoms with Crippen molar-refractivity contribution >= 4 is 0 Å². The van der Waals surface area contributed by atoms with Crippen molar-refractivity contribution < 1.29 is 5.11 Å². The molecule has 0 saturated carbocycles. The molecular formula is C8H13NO. The molecule has 0 spiro atoms. The number of rotatable bonds is 1. The lowest BCUT2D eigenvalue weighted by Crippen LogP contribution is -2.31. The van der Waals surface area contributed by atoms with Crippen LogP contribution in [0.25, 0.3) is 0 Å². The zero-order valence-electron chi connectivity index (χ0n) is 6.41. The molecule has 0 amide bonds. The first-order chi connectivity index (χ1) is 4.75. The van der Waals surface area contributed by atoms with Crippen molar-refractivity contribution in [1.29, 1.82) is 0 Å². The highest BCUT2D eigenvalue weighted by Gasteiger charge is 2.13. The number of likely N-dealkylation sites (N-methyl/N-ethyl adjacent to an activating group) is 1. The van der Waals surface area contributed by atoms with Gasteiger partial charge in [-0.2, -0.15) is 0 Å². The van der Waals surface area contributed by atoms with Crippen LogP contribution in [0, 0.1) is 0 Å². The fraction of sp³-hybridized carbons (Fsp3) is 0.500. The van der Waals surface area contributed by atoms with Crippen molar-refractivity contribution in [2.45, 2.75) is 19.9 Å². The lowest BCUT2D eigenvalue weighted by molar-refractivity contribution is 0.248. The van der Waals surface area contributed by atoms with Gasteiger partial charge in [-0.15, -0.1) is 0 Å². The van der Waals surface area contributed by atoms with E-state index < -0.39 is 0 Å². The number of aliphatic hydroxyl groups is 1. The van der Waals surface area contributed by atoms with Crippen LogP contribution in [-0.2, 0) is 0 Å². The van der Waals surface area contributed by atoms with Crippen LogP contribution in [0.1, 0.15) is 13.8 Å². The zero-order chi connectivity index (χ0) is 7.56. The van der Waals surface area contributed by atoms with Crippen LogP contribution in [-0.4, -0.2) is 22.6 Å². The van der Waals surface area contributed by atoms with E-state index in [1.165, 1.54) is 0 Å². The average molecular weight is 139 g/mol. The molecule has 1 aliphatic heterocycles. The second-order valence-electron chi connectivity index (χ2n) is 2.44. The van der Waals surface area contributed by atoms with E-state index in [-0.39, 0.29) is 6.04 Å². The third-order valence-electron chi connectivity index (χ3n) is 1.84. The van der Waals surface area contributed by atoms with E-state index in [0.29, 0.717) is 5.76 Å². The van der Waals surface area contributed by atoms with E-state index in [1.54, 1.807) is 6.08 Å². The second-order valence-corrected chi connectivity index (χ2v) is 2.44. The van der Waals surface area contributed by atoms with Crippen LogP contribution in [0.5, 0.6) is 0 Å². The van der Waals surface area contributed by atoms with E-state index in [0.717, 1.165) is 6.54 Å². The molecule has 56 valence electrons. The van der Waals surface area contributed by atoms with E-state index in [1.807, 2.05) is 19.2 Å². The monoisotopic (exact) mass is 139 g/mol. The Morgan fingerprint density at radius 2 is 2.40 bits per heavy atom. The van der Waals surface area contributed by atoms with Crippen molar-refractivity contribution in [3.8, 4) is 0 Å². The molecule has 0 aromatic carbocycles. The molecule has 1 rings (SSSR count). The maximum atomic E-state index is 9.25. The number of hydrogen-bond acceptors (Lipinski definition) is 2. The third-order valence-corrected chi connectivity index (χ3v) is 1.84. The van der Waals surface area contributed by atoms with Gasteiger partial charge in [0, 0.05) is 6.54 Å². The molecule has 1 aliphatic rings. The van der Waals surface area contributed by atoms with Crippen LogP contribution >= 0.6 is 0 Å². The highest BCUT2D eigenvalue weighted by molar-refractivity contribution is 5.16. The summed E-state index contributed by atoms with van der Waals surface area (Å²) in [4.78, 5) is 2.08. The van der Waals surface area contributed by atoms with Gasteiger partial charge in [0.15, 0.2) is 0 Å². The van der Waals surface area contributed by atoms with Crippen molar-refractivity contribution in [2.24, 2.45) is 0 Å². The minimum absolute atomic E-state index is 0.148. The lowest BCUT2D eigenvalue weighted by atomic mass is 10.2. The summed E-state index contributed by atoms with van der Waals surface area (Å²) in [6, 6.07) is 0.148. The first-order valence-electron chi connectivity index (χ1n) is 3.58. The van der Waals surface area contributed by atoms with E-state index >= 15 is 0 Å². The van der Waals surface area contributed by atoms with Gasteiger partial charge in [0.25, 0.3) is 0 Å². The third kappa shape index (κ3) is 1.15. The topological polar surface area (TPSA) is 23.5 Å². The summed E-state index contributed by atoms with van der Waals surface area (Å²) < 4.78 is 0. The molecule has 0 aromatic rings. The minimum Gasteiger partial charge on any atom is -0.510 e. The van der Waals surface area contributed by atoms with E-state index in [4.69, 9.17) is 0 Å². The molecule has 0 fully saturated rings. The first kappa shape index (κ1) is 7.19. The van der Waals surface area contributed by atoms with Crippen molar-refractivity contribution in [3.05, 3.63) is 24.1 Å². The molecule has 1 heterocycles. The molecule has 0 saturated heterocycles. The Balaban J connectivity index is 2.68. The summed E-state index contributed by atoms with van der Waals surface area (Å²) in [7, 11) is 0. The lowest BCUT2D eigenvalue weighted by Gasteiger charge is -2.27. The summed E-state index contributed by atoms with van der Waals surface area (Å²) in [6.45, 7) is 4.99. The second kappa shape index (κ2) is 2.78. The van der Waals surface area contributed by atoms with Gasteiger partial charge in [0.05, 0.1) is 6.04 Å². The standard InChI is InChI=1S/C8H13NO/c1-3-9-6-4-5-8(10)7(9)2/h4-7,10H,3H2,1-2H3. The molecule has 0 aromatic heterocycles. The van der Waals surface area contributed by atoms with Crippen LogP contribution in [0.15, 0.2) is 24.1 Å². The highest BCUT2D eigenvalue weighted by Crippen LogP contribution is 2.12. The number of aliphatic hydroxyl groups excluding tert-OH is 1. The van der Waals surface area contributed by atoms with E-state index in [2.05, 4.69) is 11.8 Å². The van der Waals surface area contributed by atoms with Crippen LogP contribution < -0.4 is 0 Å². The van der Waals surface area contributed by atoms with Gasteiger partial charge < -0.3 is 10.0 Å². The van der Waals surface area contributed by atoms with Crippen molar-refractivity contribution in [3.63, 3.8) is 0 Å². The molecule has 0 aliphatic carbocycles. The van der Waals surface area contributed by atoms with Gasteiger partial charge in [-0.1, -0.05) is 0 Å². The Hall–Kier alpha value is -0.920. The SMILES string of the molecule is CCN1C=CC=C(O)C1C. The van der Waals surface area contributed by atoms with Crippen molar-refractivity contribution in [1.82, 2.24) is 4.90 Å². The summed E-state index contributed by atoms with van der Waals surface area (Å²) in [6.07, 6.45) is 5.58. The maximum Gasteiger partial charge on any atom is 0.114 e. The van der Waals surface area contributed by atoms with Gasteiger partial charge in [-0.3, -0.25) is 0 Å². The summed E-state index contributed by atoms with van der Waals surface area (Å²) in [5, 5.41) is 9.25. The quantitative estimate of drug-likeness (QED) is 0.597. The molecule has 10 heavy (non-hydrogen) atoms. The van der Waals surface area contributed by atoms with Gasteiger partial charge in [0.2, 0.25) is 0 Å². The zero-order valence-corrected chi connectivity index (χ0v) is 6.41. The molecule has 0 radical (unpaired) electrons. The molecule has 1 unspecified atom stereocenters. The summed E-state index contributed by atoms with van der Waals surface area (Å²) >= 11 is 0. The average Bonchev–Trinajstić information content (AvgIpc) is 1.95. The van der Waals surface area contributed by atoms with Gasteiger partial charge in [-0.05, 0) is 32.2 Å². The molecule has 1 atom stereocenters. The van der Waals surface area contributed by atoms with Crippen LogP contribution in [0.3, 0.4) is 0 Å². The first-order valence-corrected chi connectivity index (χ1v) is 3.58. The summed E-state index contributed by atoms with van der Waals surface area (Å²) in [5.74, 6) is 0.448. The number of nitrogens with zero attached hydrogens (tertiary/aromatic N) is 1. The highest BCUT2D eigenvalue weighted by atomic mass is 16.3. The predicted molar refractivity (Wildman–Crippen MR) is 41.7 cm³/mol. The van der Waals surface area contributed by atoms with E-state index in [9.17, 15) is 5.11 Å². The van der Waals surface area contributed by atoms with Crippen LogP contribution in [0.2, 0.25) is 0 Å².